The van der Waals surface area contributed by atoms with E-state index in [2.05, 4.69) is 4.98 Å². The predicted octanol–water partition coefficient (Wildman–Crippen LogP) is 3.38. The van der Waals surface area contributed by atoms with Gasteiger partial charge in [0.25, 0.3) is 0 Å². The minimum Gasteiger partial charge on any atom is -0.489 e. The molecule has 1 atom stereocenters. The number of fused-ring (bicyclic) bond motifs is 1. The van der Waals surface area contributed by atoms with E-state index in [9.17, 15) is 22.8 Å². The van der Waals surface area contributed by atoms with Crippen molar-refractivity contribution in [3.05, 3.63) is 60.3 Å². The number of rotatable bonds is 7. The number of benzene rings is 2. The molecule has 1 aliphatic rings. The Labute approximate surface area is 198 Å². The summed E-state index contributed by atoms with van der Waals surface area (Å²) in [6.45, 7) is 2.42. The van der Waals surface area contributed by atoms with E-state index >= 15 is 0 Å². The lowest BCUT2D eigenvalue weighted by molar-refractivity contribution is -0.169. The van der Waals surface area contributed by atoms with Gasteiger partial charge in [-0.1, -0.05) is 6.07 Å². The number of aliphatic carboxylic acids is 1. The predicted molar refractivity (Wildman–Crippen MR) is 121 cm³/mol. The van der Waals surface area contributed by atoms with Crippen molar-refractivity contribution in [3.63, 3.8) is 0 Å². The first-order chi connectivity index (χ1) is 16.7. The third-order valence-corrected chi connectivity index (χ3v) is 5.82. The van der Waals surface area contributed by atoms with E-state index in [1.807, 2.05) is 28.0 Å². The first-order valence-electron chi connectivity index (χ1n) is 11.0. The van der Waals surface area contributed by atoms with Gasteiger partial charge in [-0.05, 0) is 42.5 Å². The number of nitrogens with one attached hydrogen (secondary N) is 1. The minimum absolute atomic E-state index is 0.0393. The lowest BCUT2D eigenvalue weighted by Gasteiger charge is -2.37. The number of hydrogen-bond donors (Lipinski definition) is 2. The average molecular weight is 491 g/mol. The zero-order valence-corrected chi connectivity index (χ0v) is 18.6. The van der Waals surface area contributed by atoms with Crippen LogP contribution in [-0.4, -0.2) is 72.4 Å². The molecule has 0 unspecified atom stereocenters. The summed E-state index contributed by atoms with van der Waals surface area (Å²) in [6, 6.07) is 12.3. The molecule has 1 aromatic heterocycles. The van der Waals surface area contributed by atoms with Crippen molar-refractivity contribution in [2.75, 3.05) is 44.2 Å². The first-order valence-corrected chi connectivity index (χ1v) is 11.0. The molecule has 11 heteroatoms. The number of esters is 1. The zero-order chi connectivity index (χ0) is 25.0. The third kappa shape index (κ3) is 6.04. The van der Waals surface area contributed by atoms with Gasteiger partial charge in [0, 0.05) is 55.5 Å². The second kappa shape index (κ2) is 10.3. The molecular formula is C24H24F3N3O5. The van der Waals surface area contributed by atoms with Crippen molar-refractivity contribution < 1.29 is 37.3 Å². The SMILES string of the molecule is O=C(O)C(=O)O[C@H](COc1cccc2[nH]ccc12)CN1CCN(c2ccc(C(F)(F)F)cc2)CC1. The lowest BCUT2D eigenvalue weighted by Crippen LogP contribution is -2.50. The van der Waals surface area contributed by atoms with Crippen molar-refractivity contribution in [1.29, 1.82) is 0 Å². The Balaban J connectivity index is 1.36. The van der Waals surface area contributed by atoms with Gasteiger partial charge >= 0.3 is 18.1 Å². The molecular weight excluding hydrogens is 467 g/mol. The number of carbonyl (C=O) groups excluding carboxylic acids is 1. The molecule has 1 fully saturated rings. The standard InChI is InChI=1S/C24H24F3N3O5/c25-24(26,27)16-4-6-17(7-5-16)30-12-10-29(11-13-30)14-18(35-23(33)22(31)32)15-34-21-3-1-2-20-19(21)8-9-28-20/h1-9,18,28H,10-15H2,(H,31,32)/t18-/m0/s1. The summed E-state index contributed by atoms with van der Waals surface area (Å²) < 4.78 is 49.4. The number of alkyl halides is 3. The highest BCUT2D eigenvalue weighted by atomic mass is 19.4. The number of carbonyl (C=O) groups is 2. The van der Waals surface area contributed by atoms with Crippen molar-refractivity contribution in [2.24, 2.45) is 0 Å². The fraction of sp³-hybridized carbons (Fsp3) is 0.333. The highest BCUT2D eigenvalue weighted by Gasteiger charge is 2.30. The van der Waals surface area contributed by atoms with Gasteiger partial charge in [0.1, 0.15) is 18.5 Å². The molecule has 3 aromatic rings. The summed E-state index contributed by atoms with van der Waals surface area (Å²) >= 11 is 0. The van der Waals surface area contributed by atoms with Crippen LogP contribution < -0.4 is 9.64 Å². The van der Waals surface area contributed by atoms with Crippen LogP contribution >= 0.6 is 0 Å². The number of nitrogens with zero attached hydrogens (tertiary/aromatic N) is 2. The van der Waals surface area contributed by atoms with Crippen LogP contribution in [0.4, 0.5) is 18.9 Å². The van der Waals surface area contributed by atoms with Crippen LogP contribution in [-0.2, 0) is 20.5 Å². The van der Waals surface area contributed by atoms with Gasteiger partial charge in [-0.25, -0.2) is 9.59 Å². The fourth-order valence-corrected chi connectivity index (χ4v) is 4.03. The monoisotopic (exact) mass is 491 g/mol. The summed E-state index contributed by atoms with van der Waals surface area (Å²) in [6.07, 6.45) is -3.44. The number of aromatic nitrogens is 1. The number of piperazine rings is 1. The zero-order valence-electron chi connectivity index (χ0n) is 18.6. The fourth-order valence-electron chi connectivity index (χ4n) is 4.03. The highest BCUT2D eigenvalue weighted by molar-refractivity contribution is 6.28. The van der Waals surface area contributed by atoms with Crippen LogP contribution in [0.25, 0.3) is 10.9 Å². The second-order valence-corrected chi connectivity index (χ2v) is 8.17. The van der Waals surface area contributed by atoms with E-state index < -0.39 is 29.8 Å². The molecule has 186 valence electrons. The van der Waals surface area contributed by atoms with Crippen LogP contribution in [0.2, 0.25) is 0 Å². The maximum Gasteiger partial charge on any atom is 0.417 e. The summed E-state index contributed by atoms with van der Waals surface area (Å²) in [5.41, 5.74) is 0.869. The number of carboxylic acids is 1. The molecule has 0 bridgehead atoms. The Bertz CT molecular complexity index is 1170. The normalized spacial score (nSPS) is 15.7. The lowest BCUT2D eigenvalue weighted by atomic mass is 10.1. The van der Waals surface area contributed by atoms with Gasteiger partial charge in [0.2, 0.25) is 0 Å². The average Bonchev–Trinajstić information content (AvgIpc) is 3.32. The molecule has 0 saturated carbocycles. The van der Waals surface area contributed by atoms with Gasteiger partial charge in [0.05, 0.1) is 5.56 Å². The van der Waals surface area contributed by atoms with E-state index in [1.165, 1.54) is 12.1 Å². The number of halogens is 3. The Morgan fingerprint density at radius 2 is 1.74 bits per heavy atom. The summed E-state index contributed by atoms with van der Waals surface area (Å²) in [5, 5.41) is 9.80. The third-order valence-electron chi connectivity index (χ3n) is 5.82. The molecule has 8 nitrogen and oxygen atoms in total. The van der Waals surface area contributed by atoms with E-state index in [1.54, 1.807) is 12.3 Å². The molecule has 0 amide bonds. The number of H-pyrrole nitrogens is 1. The van der Waals surface area contributed by atoms with Crippen LogP contribution in [0.1, 0.15) is 5.56 Å². The Hall–Kier alpha value is -3.73. The van der Waals surface area contributed by atoms with Crippen LogP contribution in [0.15, 0.2) is 54.7 Å². The number of aromatic amines is 1. The number of anilines is 1. The molecule has 2 heterocycles. The van der Waals surface area contributed by atoms with E-state index in [4.69, 9.17) is 14.6 Å². The van der Waals surface area contributed by atoms with Crippen LogP contribution in [0.5, 0.6) is 5.75 Å². The summed E-state index contributed by atoms with van der Waals surface area (Å²) in [7, 11) is 0. The van der Waals surface area contributed by atoms with Crippen molar-refractivity contribution >= 4 is 28.5 Å². The Kier molecular flexibility index (Phi) is 7.15. The molecule has 0 aliphatic carbocycles. The van der Waals surface area contributed by atoms with Gasteiger partial charge in [-0.2, -0.15) is 13.2 Å². The van der Waals surface area contributed by atoms with E-state index in [-0.39, 0.29) is 13.2 Å². The molecule has 2 aromatic carbocycles. The quantitative estimate of drug-likeness (QED) is 0.387. The summed E-state index contributed by atoms with van der Waals surface area (Å²) in [5.74, 6) is -2.47. The van der Waals surface area contributed by atoms with E-state index in [0.29, 0.717) is 37.6 Å². The Morgan fingerprint density at radius 1 is 1.03 bits per heavy atom. The molecule has 35 heavy (non-hydrogen) atoms. The van der Waals surface area contributed by atoms with Crippen molar-refractivity contribution in [2.45, 2.75) is 12.3 Å². The van der Waals surface area contributed by atoms with Gasteiger partial charge < -0.3 is 24.5 Å². The molecule has 1 aliphatic heterocycles. The van der Waals surface area contributed by atoms with E-state index in [0.717, 1.165) is 23.0 Å². The number of hydrogen-bond acceptors (Lipinski definition) is 6. The molecule has 0 spiro atoms. The van der Waals surface area contributed by atoms with Gasteiger partial charge in [0.15, 0.2) is 0 Å². The minimum atomic E-state index is -4.38. The van der Waals surface area contributed by atoms with Crippen LogP contribution in [0.3, 0.4) is 0 Å². The van der Waals surface area contributed by atoms with Crippen molar-refractivity contribution in [3.8, 4) is 5.75 Å². The van der Waals surface area contributed by atoms with Crippen LogP contribution in [0, 0.1) is 0 Å². The van der Waals surface area contributed by atoms with Crippen molar-refractivity contribution in [1.82, 2.24) is 9.88 Å². The molecule has 4 rings (SSSR count). The molecule has 1 saturated heterocycles. The highest BCUT2D eigenvalue weighted by Crippen LogP contribution is 2.31. The number of carboxylic acid groups (broad SMARTS) is 1. The topological polar surface area (TPSA) is 95.1 Å². The molecule has 0 radical (unpaired) electrons. The number of ether oxygens (including phenoxy) is 2. The maximum atomic E-state index is 12.8. The largest absolute Gasteiger partial charge is 0.489 e. The first kappa shape index (κ1) is 24.4. The molecule has 2 N–H and O–H groups in total. The van der Waals surface area contributed by atoms with Gasteiger partial charge in [-0.15, -0.1) is 0 Å². The maximum absolute atomic E-state index is 12.8. The Morgan fingerprint density at radius 3 is 2.40 bits per heavy atom. The summed E-state index contributed by atoms with van der Waals surface area (Å²) in [4.78, 5) is 29.8. The smallest absolute Gasteiger partial charge is 0.417 e. The second-order valence-electron chi connectivity index (χ2n) is 8.17. The van der Waals surface area contributed by atoms with Gasteiger partial charge in [-0.3, -0.25) is 4.90 Å².